The molecule has 3 heteroatoms. The molecule has 72 valence electrons. The molecule has 1 atom stereocenters. The Morgan fingerprint density at radius 1 is 1.36 bits per heavy atom. The second kappa shape index (κ2) is 4.07. The van der Waals surface area contributed by atoms with Crippen molar-refractivity contribution in [2.24, 2.45) is 4.99 Å². The van der Waals surface area contributed by atoms with E-state index < -0.39 is 0 Å². The van der Waals surface area contributed by atoms with E-state index in [4.69, 9.17) is 0 Å². The molecule has 0 spiro atoms. The molecule has 0 radical (unpaired) electrons. The number of nitrogens with one attached hydrogen (secondary N) is 1. The van der Waals surface area contributed by atoms with E-state index in [0.29, 0.717) is 0 Å². The molecule has 1 aliphatic rings. The topological polar surface area (TPSA) is 44.6 Å². The van der Waals surface area contributed by atoms with E-state index in [0.717, 1.165) is 11.1 Å². The van der Waals surface area contributed by atoms with Crippen LogP contribution in [0, 0.1) is 0 Å². The van der Waals surface area contributed by atoms with Crippen molar-refractivity contribution in [3.05, 3.63) is 47.8 Å². The fraction of sp³-hybridized carbons (Fsp3) is 0.182. The highest BCUT2D eigenvalue weighted by molar-refractivity contribution is 5.82. The third kappa shape index (κ3) is 1.67. The van der Waals surface area contributed by atoms with Gasteiger partial charge in [-0.05, 0) is 11.1 Å². The van der Waals surface area contributed by atoms with Crippen LogP contribution in [0.5, 0.6) is 0 Å². The van der Waals surface area contributed by atoms with Gasteiger partial charge < -0.3 is 10.4 Å². The third-order valence-corrected chi connectivity index (χ3v) is 2.23. The highest BCUT2D eigenvalue weighted by Gasteiger charge is 2.11. The number of rotatable bonds is 1. The molecule has 1 heterocycles. The molecule has 2 N–H and O–H groups in total. The number of aliphatic hydroxyl groups is 1. The normalized spacial score (nSPS) is 21.6. The zero-order valence-electron chi connectivity index (χ0n) is 7.72. The predicted molar refractivity (Wildman–Crippen MR) is 56.1 cm³/mol. The molecule has 0 saturated carbocycles. The lowest BCUT2D eigenvalue weighted by atomic mass is 10.0. The number of hydrogen-bond acceptors (Lipinski definition) is 3. The van der Waals surface area contributed by atoms with Gasteiger partial charge in [0, 0.05) is 18.6 Å². The molecule has 1 aromatic carbocycles. The second-order valence-electron chi connectivity index (χ2n) is 3.12. The van der Waals surface area contributed by atoms with Crippen molar-refractivity contribution in [1.29, 1.82) is 0 Å². The van der Waals surface area contributed by atoms with E-state index in [1.807, 2.05) is 24.3 Å². The smallest absolute Gasteiger partial charge is 0.0746 e. The zero-order valence-corrected chi connectivity index (χ0v) is 7.72. The van der Waals surface area contributed by atoms with Gasteiger partial charge in [0.1, 0.15) is 0 Å². The van der Waals surface area contributed by atoms with Crippen LogP contribution in [0.25, 0.3) is 0 Å². The van der Waals surface area contributed by atoms with Crippen LogP contribution in [0.1, 0.15) is 17.2 Å². The highest BCUT2D eigenvalue weighted by Crippen LogP contribution is 2.17. The number of aliphatic imine (C=N–C) groups is 1. The van der Waals surface area contributed by atoms with Crippen LogP contribution in [0.4, 0.5) is 0 Å². The van der Waals surface area contributed by atoms with Gasteiger partial charge in [0.15, 0.2) is 0 Å². The van der Waals surface area contributed by atoms with Crippen LogP contribution in [-0.4, -0.2) is 17.9 Å². The first-order chi connectivity index (χ1) is 6.92. The standard InChI is InChI=1S/C11H12N2O/c14-8-11-10-4-2-1-3-9(10)7-12-5-6-13-11/h1-7,11,13-14H,8H2/b6-5-,12-7?. The monoisotopic (exact) mass is 188 g/mol. The molecule has 0 aromatic heterocycles. The molecule has 0 bridgehead atoms. The molecular weight excluding hydrogens is 176 g/mol. The van der Waals surface area contributed by atoms with Crippen LogP contribution in [-0.2, 0) is 0 Å². The first-order valence-corrected chi connectivity index (χ1v) is 4.56. The average molecular weight is 188 g/mol. The molecule has 0 amide bonds. The number of benzene rings is 1. The fourth-order valence-electron chi connectivity index (χ4n) is 1.51. The van der Waals surface area contributed by atoms with Crippen LogP contribution >= 0.6 is 0 Å². The Kier molecular flexibility index (Phi) is 2.60. The van der Waals surface area contributed by atoms with E-state index >= 15 is 0 Å². The van der Waals surface area contributed by atoms with Gasteiger partial charge in [-0.25, -0.2) is 0 Å². The van der Waals surface area contributed by atoms with Crippen LogP contribution in [0.15, 0.2) is 41.7 Å². The Hall–Kier alpha value is -1.61. The molecule has 0 fully saturated rings. The molecule has 3 nitrogen and oxygen atoms in total. The van der Waals surface area contributed by atoms with Crippen LogP contribution in [0.2, 0.25) is 0 Å². The summed E-state index contributed by atoms with van der Waals surface area (Å²) in [4.78, 5) is 4.09. The maximum Gasteiger partial charge on any atom is 0.0746 e. The van der Waals surface area contributed by atoms with E-state index in [2.05, 4.69) is 10.3 Å². The Morgan fingerprint density at radius 3 is 3.07 bits per heavy atom. The molecule has 2 rings (SSSR count). The molecule has 0 saturated heterocycles. The molecule has 1 aliphatic heterocycles. The van der Waals surface area contributed by atoms with Gasteiger partial charge in [-0.15, -0.1) is 0 Å². The largest absolute Gasteiger partial charge is 0.394 e. The summed E-state index contributed by atoms with van der Waals surface area (Å²) < 4.78 is 0. The van der Waals surface area contributed by atoms with Gasteiger partial charge >= 0.3 is 0 Å². The van der Waals surface area contributed by atoms with Gasteiger partial charge in [0.2, 0.25) is 0 Å². The Labute approximate surface area is 82.8 Å². The number of aliphatic hydroxyl groups excluding tert-OH is 1. The predicted octanol–water partition coefficient (Wildman–Crippen LogP) is 1.21. The lowest BCUT2D eigenvalue weighted by Gasteiger charge is -2.18. The minimum Gasteiger partial charge on any atom is -0.394 e. The first kappa shape index (κ1) is 8.97. The molecule has 1 unspecified atom stereocenters. The third-order valence-electron chi connectivity index (χ3n) is 2.23. The summed E-state index contributed by atoms with van der Waals surface area (Å²) in [6.45, 7) is 0.0786. The molecular formula is C11H12N2O. The van der Waals surface area contributed by atoms with E-state index in [9.17, 15) is 5.11 Å². The van der Waals surface area contributed by atoms with Crippen LogP contribution < -0.4 is 5.32 Å². The average Bonchev–Trinajstić information content (AvgIpc) is 2.20. The summed E-state index contributed by atoms with van der Waals surface area (Å²) in [7, 11) is 0. The van der Waals surface area contributed by atoms with Crippen molar-refractivity contribution in [2.75, 3.05) is 6.61 Å². The maximum atomic E-state index is 9.21. The number of nitrogens with zero attached hydrogens (tertiary/aromatic N) is 1. The zero-order chi connectivity index (χ0) is 9.80. The summed E-state index contributed by atoms with van der Waals surface area (Å²) in [5.74, 6) is 0. The van der Waals surface area contributed by atoms with Gasteiger partial charge in [-0.1, -0.05) is 24.3 Å². The van der Waals surface area contributed by atoms with Crippen molar-refractivity contribution >= 4 is 6.21 Å². The van der Waals surface area contributed by atoms with Gasteiger partial charge in [0.25, 0.3) is 0 Å². The summed E-state index contributed by atoms with van der Waals surface area (Å²) in [5.41, 5.74) is 2.12. The number of fused-ring (bicyclic) bond motifs is 1. The van der Waals surface area contributed by atoms with Gasteiger partial charge in [-0.2, -0.15) is 0 Å². The Bertz CT molecular complexity index is 371. The summed E-state index contributed by atoms with van der Waals surface area (Å²) >= 11 is 0. The van der Waals surface area contributed by atoms with Crippen molar-refractivity contribution in [1.82, 2.24) is 5.32 Å². The number of hydrogen-bond donors (Lipinski definition) is 2. The minimum absolute atomic E-state index is 0.0470. The fourth-order valence-corrected chi connectivity index (χ4v) is 1.51. The Balaban J connectivity index is 2.46. The van der Waals surface area contributed by atoms with Crippen molar-refractivity contribution in [3.63, 3.8) is 0 Å². The molecule has 1 aromatic rings. The lowest BCUT2D eigenvalue weighted by Crippen LogP contribution is -2.21. The summed E-state index contributed by atoms with van der Waals surface area (Å²) in [6, 6.07) is 7.86. The van der Waals surface area contributed by atoms with Crippen LogP contribution in [0.3, 0.4) is 0 Å². The molecule has 14 heavy (non-hydrogen) atoms. The van der Waals surface area contributed by atoms with E-state index in [1.54, 1.807) is 18.6 Å². The summed E-state index contributed by atoms with van der Waals surface area (Å²) in [5, 5.41) is 12.3. The van der Waals surface area contributed by atoms with E-state index in [1.165, 1.54) is 0 Å². The van der Waals surface area contributed by atoms with Crippen molar-refractivity contribution in [2.45, 2.75) is 6.04 Å². The maximum absolute atomic E-state index is 9.21. The van der Waals surface area contributed by atoms with E-state index in [-0.39, 0.29) is 12.6 Å². The first-order valence-electron chi connectivity index (χ1n) is 4.56. The Morgan fingerprint density at radius 2 is 2.21 bits per heavy atom. The SMILES string of the molecule is OCC1N/C=C\N=Cc2ccccc21. The lowest BCUT2D eigenvalue weighted by molar-refractivity contribution is 0.254. The molecule has 0 aliphatic carbocycles. The minimum atomic E-state index is -0.0470. The highest BCUT2D eigenvalue weighted by atomic mass is 16.3. The van der Waals surface area contributed by atoms with Crippen molar-refractivity contribution < 1.29 is 5.11 Å². The summed E-state index contributed by atoms with van der Waals surface area (Å²) in [6.07, 6.45) is 5.22. The van der Waals surface area contributed by atoms with Gasteiger partial charge in [0.05, 0.1) is 12.6 Å². The second-order valence-corrected chi connectivity index (χ2v) is 3.12. The quantitative estimate of drug-likeness (QED) is 0.695. The van der Waals surface area contributed by atoms with Crippen molar-refractivity contribution in [3.8, 4) is 0 Å². The van der Waals surface area contributed by atoms with Gasteiger partial charge in [-0.3, -0.25) is 4.99 Å².